The molecule has 2 aromatic rings. The number of aldehydes is 1. The van der Waals surface area contributed by atoms with Crippen LogP contribution in [0.5, 0.6) is 0 Å². The maximum Gasteiger partial charge on any atom is 0.242 e. The summed E-state index contributed by atoms with van der Waals surface area (Å²) in [6.45, 7) is 6.31. The Morgan fingerprint density at radius 3 is 2.54 bits per heavy atom. The molecule has 0 N–H and O–H groups in total. The summed E-state index contributed by atoms with van der Waals surface area (Å²) in [5.41, 5.74) is 2.43. The predicted octanol–water partition coefficient (Wildman–Crippen LogP) is 4.40. The van der Waals surface area contributed by atoms with Gasteiger partial charge in [0.25, 0.3) is 0 Å². The molecule has 3 nitrogen and oxygen atoms in total. The van der Waals surface area contributed by atoms with Gasteiger partial charge in [-0.25, -0.2) is 0 Å². The lowest BCUT2D eigenvalue weighted by atomic mass is 9.74. The zero-order valence-electron chi connectivity index (χ0n) is 13.5. The number of anilines is 1. The summed E-state index contributed by atoms with van der Waals surface area (Å²) < 4.78 is 0.846. The molecule has 0 radical (unpaired) electrons. The van der Waals surface area contributed by atoms with Crippen LogP contribution in [0.2, 0.25) is 0 Å². The van der Waals surface area contributed by atoms with Gasteiger partial charge in [-0.15, -0.1) is 0 Å². The van der Waals surface area contributed by atoms with E-state index in [2.05, 4.69) is 22.5 Å². The third-order valence-corrected chi connectivity index (χ3v) is 5.27. The van der Waals surface area contributed by atoms with E-state index in [4.69, 9.17) is 0 Å². The SMILES string of the molecule is C=C(C)C1(CC=O)C(=O)N(Cc2ccccc2)c2c(Br)cccc21. The van der Waals surface area contributed by atoms with E-state index in [1.54, 1.807) is 4.90 Å². The van der Waals surface area contributed by atoms with E-state index in [-0.39, 0.29) is 12.3 Å². The Hall–Kier alpha value is -2.20. The largest absolute Gasteiger partial charge is 0.305 e. The topological polar surface area (TPSA) is 37.4 Å². The smallest absolute Gasteiger partial charge is 0.242 e. The standard InChI is InChI=1S/C20H18BrNO2/c1-14(2)20(11-12-23)16-9-6-10-17(21)18(16)22(19(20)24)13-15-7-4-3-5-8-15/h3-10,12H,1,11,13H2,2H3. The average Bonchev–Trinajstić information content (AvgIpc) is 2.81. The fourth-order valence-corrected chi connectivity index (χ4v) is 3.99. The highest BCUT2D eigenvalue weighted by Gasteiger charge is 2.51. The van der Waals surface area contributed by atoms with Gasteiger partial charge in [-0.1, -0.05) is 54.6 Å². The number of carbonyl (C=O) groups is 2. The van der Waals surface area contributed by atoms with Gasteiger partial charge in [-0.05, 0) is 40.0 Å². The first kappa shape index (κ1) is 16.7. The molecule has 24 heavy (non-hydrogen) atoms. The van der Waals surface area contributed by atoms with Gasteiger partial charge in [0.2, 0.25) is 5.91 Å². The van der Waals surface area contributed by atoms with Gasteiger partial charge in [0.1, 0.15) is 11.7 Å². The molecular weight excluding hydrogens is 366 g/mol. The van der Waals surface area contributed by atoms with Crippen molar-refractivity contribution in [2.45, 2.75) is 25.3 Å². The van der Waals surface area contributed by atoms with Crippen molar-refractivity contribution in [2.75, 3.05) is 4.90 Å². The van der Waals surface area contributed by atoms with Gasteiger partial charge < -0.3 is 9.69 Å². The van der Waals surface area contributed by atoms with Crippen LogP contribution in [-0.2, 0) is 21.5 Å². The van der Waals surface area contributed by atoms with Gasteiger partial charge in [0.15, 0.2) is 0 Å². The Balaban J connectivity index is 2.18. The minimum absolute atomic E-state index is 0.0900. The molecule has 1 heterocycles. The second kappa shape index (κ2) is 6.36. The normalized spacial score (nSPS) is 19.2. The van der Waals surface area contributed by atoms with Crippen molar-refractivity contribution in [2.24, 2.45) is 0 Å². The number of hydrogen-bond donors (Lipinski definition) is 0. The summed E-state index contributed by atoms with van der Waals surface area (Å²) in [6, 6.07) is 15.6. The number of para-hydroxylation sites is 1. The van der Waals surface area contributed by atoms with Crippen LogP contribution < -0.4 is 4.90 Å². The molecule has 4 heteroatoms. The summed E-state index contributed by atoms with van der Waals surface area (Å²) in [6.07, 6.45) is 0.916. The van der Waals surface area contributed by atoms with Crippen molar-refractivity contribution < 1.29 is 9.59 Å². The van der Waals surface area contributed by atoms with E-state index in [1.165, 1.54) is 0 Å². The van der Waals surface area contributed by atoms with Gasteiger partial charge in [-0.2, -0.15) is 0 Å². The minimum atomic E-state index is -0.977. The molecule has 0 fully saturated rings. The third-order valence-electron chi connectivity index (χ3n) is 4.63. The number of halogens is 1. The highest BCUT2D eigenvalue weighted by molar-refractivity contribution is 9.10. The molecule has 1 aliphatic heterocycles. The molecule has 0 saturated heterocycles. The second-order valence-electron chi connectivity index (χ2n) is 6.07. The minimum Gasteiger partial charge on any atom is -0.305 e. The van der Waals surface area contributed by atoms with Crippen LogP contribution in [0, 0.1) is 0 Å². The molecule has 3 rings (SSSR count). The molecule has 1 atom stereocenters. The van der Waals surface area contributed by atoms with Crippen LogP contribution in [0.4, 0.5) is 5.69 Å². The first-order valence-electron chi connectivity index (χ1n) is 7.77. The van der Waals surface area contributed by atoms with E-state index in [0.717, 1.165) is 27.6 Å². The lowest BCUT2D eigenvalue weighted by Gasteiger charge is -2.27. The lowest BCUT2D eigenvalue weighted by molar-refractivity contribution is -0.124. The number of amides is 1. The summed E-state index contributed by atoms with van der Waals surface area (Å²) in [7, 11) is 0. The van der Waals surface area contributed by atoms with Crippen LogP contribution in [0.3, 0.4) is 0 Å². The number of hydrogen-bond acceptors (Lipinski definition) is 2. The fourth-order valence-electron chi connectivity index (χ4n) is 3.41. The highest BCUT2D eigenvalue weighted by Crippen LogP contribution is 2.50. The number of rotatable bonds is 5. The van der Waals surface area contributed by atoms with E-state index in [9.17, 15) is 9.59 Å². The van der Waals surface area contributed by atoms with E-state index >= 15 is 0 Å². The number of fused-ring (bicyclic) bond motifs is 1. The molecular formula is C20H18BrNO2. The average molecular weight is 384 g/mol. The molecule has 1 unspecified atom stereocenters. The molecule has 0 saturated carbocycles. The highest BCUT2D eigenvalue weighted by atomic mass is 79.9. The van der Waals surface area contributed by atoms with Crippen molar-refractivity contribution >= 4 is 33.8 Å². The molecule has 2 aromatic carbocycles. The molecule has 0 aromatic heterocycles. The first-order chi connectivity index (χ1) is 11.5. The van der Waals surface area contributed by atoms with Crippen LogP contribution in [0.25, 0.3) is 0 Å². The van der Waals surface area contributed by atoms with E-state index in [1.807, 2.05) is 55.5 Å². The Bertz CT molecular complexity index is 816. The number of carbonyl (C=O) groups excluding carboxylic acids is 2. The van der Waals surface area contributed by atoms with E-state index < -0.39 is 5.41 Å². The van der Waals surface area contributed by atoms with Crippen LogP contribution in [0.1, 0.15) is 24.5 Å². The molecule has 1 aliphatic rings. The fraction of sp³-hybridized carbons (Fsp3) is 0.200. The number of benzene rings is 2. The Morgan fingerprint density at radius 1 is 1.21 bits per heavy atom. The Morgan fingerprint density at radius 2 is 1.92 bits per heavy atom. The summed E-state index contributed by atoms with van der Waals surface area (Å²) >= 11 is 3.57. The summed E-state index contributed by atoms with van der Waals surface area (Å²) in [5.74, 6) is -0.0900. The first-order valence-corrected chi connectivity index (χ1v) is 8.56. The molecule has 0 aliphatic carbocycles. The van der Waals surface area contributed by atoms with Crippen LogP contribution in [-0.4, -0.2) is 12.2 Å². The van der Waals surface area contributed by atoms with Gasteiger partial charge in [-0.3, -0.25) is 4.79 Å². The van der Waals surface area contributed by atoms with Gasteiger partial charge in [0, 0.05) is 10.9 Å². The monoisotopic (exact) mass is 383 g/mol. The maximum absolute atomic E-state index is 13.4. The van der Waals surface area contributed by atoms with Crippen LogP contribution in [0.15, 0.2) is 65.2 Å². The molecule has 122 valence electrons. The molecule has 0 spiro atoms. The van der Waals surface area contributed by atoms with Crippen molar-refractivity contribution in [3.8, 4) is 0 Å². The predicted molar refractivity (Wildman–Crippen MR) is 98.9 cm³/mol. The molecule has 1 amide bonds. The molecule has 0 bridgehead atoms. The zero-order valence-corrected chi connectivity index (χ0v) is 15.0. The number of nitrogens with zero attached hydrogens (tertiary/aromatic N) is 1. The maximum atomic E-state index is 13.4. The zero-order chi connectivity index (χ0) is 17.3. The summed E-state index contributed by atoms with van der Waals surface area (Å²) in [4.78, 5) is 26.5. The van der Waals surface area contributed by atoms with Crippen molar-refractivity contribution in [1.82, 2.24) is 0 Å². The van der Waals surface area contributed by atoms with Crippen LogP contribution >= 0.6 is 15.9 Å². The summed E-state index contributed by atoms with van der Waals surface area (Å²) in [5, 5.41) is 0. The van der Waals surface area contributed by atoms with Crippen molar-refractivity contribution in [3.05, 3.63) is 76.3 Å². The van der Waals surface area contributed by atoms with Gasteiger partial charge >= 0.3 is 0 Å². The Labute approximate surface area is 150 Å². The van der Waals surface area contributed by atoms with E-state index in [0.29, 0.717) is 12.1 Å². The quantitative estimate of drug-likeness (QED) is 0.566. The third kappa shape index (κ3) is 2.42. The Kier molecular flexibility index (Phi) is 4.41. The lowest BCUT2D eigenvalue weighted by Crippen LogP contribution is -2.41. The van der Waals surface area contributed by atoms with Gasteiger partial charge in [0.05, 0.1) is 12.2 Å². The van der Waals surface area contributed by atoms with Crippen molar-refractivity contribution in [1.29, 1.82) is 0 Å². The van der Waals surface area contributed by atoms with Crippen molar-refractivity contribution in [3.63, 3.8) is 0 Å². The second-order valence-corrected chi connectivity index (χ2v) is 6.92.